The molecule has 0 radical (unpaired) electrons. The van der Waals surface area contributed by atoms with Crippen molar-refractivity contribution in [2.24, 2.45) is 0 Å². The van der Waals surface area contributed by atoms with Gasteiger partial charge in [-0.1, -0.05) is 33.1 Å². The van der Waals surface area contributed by atoms with Crippen molar-refractivity contribution in [2.45, 2.75) is 52.1 Å². The first kappa shape index (κ1) is 13.1. The molecule has 0 aliphatic rings. The van der Waals surface area contributed by atoms with E-state index in [2.05, 4.69) is 11.4 Å². The van der Waals surface area contributed by atoms with Gasteiger partial charge in [-0.3, -0.25) is 9.42 Å². The highest BCUT2D eigenvalue weighted by molar-refractivity contribution is 7.46. The molecule has 0 amide bonds. The van der Waals surface area contributed by atoms with Gasteiger partial charge in [0.15, 0.2) is 0 Å². The number of halogens is 1. The number of unbranched alkanes of at least 4 members (excludes halogenated alkanes) is 2. The normalized spacial score (nSPS) is 18.2. The summed E-state index contributed by atoms with van der Waals surface area (Å²) in [7, 11) is -4.79. The Labute approximate surface area is 79.0 Å². The van der Waals surface area contributed by atoms with Crippen LogP contribution in [0.25, 0.3) is 0 Å². The molecular formula is C8H18FO3P. The molecule has 0 rings (SSSR count). The van der Waals surface area contributed by atoms with Gasteiger partial charge in [0.1, 0.15) is 0 Å². The first-order chi connectivity index (χ1) is 5.99. The van der Waals surface area contributed by atoms with Gasteiger partial charge in [0.25, 0.3) is 0 Å². The average Bonchev–Trinajstić information content (AvgIpc) is 2.01. The highest BCUT2D eigenvalue weighted by Gasteiger charge is 2.22. The van der Waals surface area contributed by atoms with E-state index < -0.39 is 14.0 Å². The van der Waals surface area contributed by atoms with Gasteiger partial charge in [0.2, 0.25) is 0 Å². The Kier molecular flexibility index (Phi) is 6.56. The van der Waals surface area contributed by atoms with Crippen molar-refractivity contribution in [1.29, 1.82) is 0 Å². The van der Waals surface area contributed by atoms with Crippen molar-refractivity contribution in [1.82, 2.24) is 0 Å². The summed E-state index contributed by atoms with van der Waals surface area (Å²) in [6.45, 7) is 3.88. The van der Waals surface area contributed by atoms with Crippen LogP contribution in [0.3, 0.4) is 0 Å². The van der Waals surface area contributed by atoms with E-state index in [-0.39, 0.29) is 0 Å². The molecule has 5 heteroatoms. The van der Waals surface area contributed by atoms with Crippen molar-refractivity contribution in [3.63, 3.8) is 0 Å². The predicted molar refractivity (Wildman–Crippen MR) is 50.2 cm³/mol. The van der Waals surface area contributed by atoms with Crippen LogP contribution in [0.1, 0.15) is 46.0 Å². The van der Waals surface area contributed by atoms with Gasteiger partial charge in [0.05, 0.1) is 6.10 Å². The third-order valence-corrected chi connectivity index (χ3v) is 2.42. The minimum Gasteiger partial charge on any atom is -0.299 e. The Balaban J connectivity index is 3.70. The quantitative estimate of drug-likeness (QED) is 0.519. The van der Waals surface area contributed by atoms with Crippen LogP contribution in [0.4, 0.5) is 4.20 Å². The van der Waals surface area contributed by atoms with Crippen molar-refractivity contribution in [3.8, 4) is 0 Å². The summed E-state index contributed by atoms with van der Waals surface area (Å²) in [6, 6.07) is 0. The van der Waals surface area contributed by atoms with Crippen molar-refractivity contribution in [3.05, 3.63) is 0 Å². The largest absolute Gasteiger partial charge is 0.510 e. The molecule has 0 aromatic heterocycles. The van der Waals surface area contributed by atoms with E-state index >= 15 is 0 Å². The van der Waals surface area contributed by atoms with E-state index in [0.717, 1.165) is 19.3 Å². The topological polar surface area (TPSA) is 46.5 Å². The fourth-order valence-electron chi connectivity index (χ4n) is 1.14. The second-order valence-corrected chi connectivity index (χ2v) is 4.20. The van der Waals surface area contributed by atoms with Crippen molar-refractivity contribution >= 4 is 7.91 Å². The lowest BCUT2D eigenvalue weighted by molar-refractivity contribution is 0.138. The molecule has 2 atom stereocenters. The van der Waals surface area contributed by atoms with Crippen LogP contribution in [0, 0.1) is 0 Å². The fraction of sp³-hybridized carbons (Fsp3) is 1.00. The molecule has 0 saturated heterocycles. The van der Waals surface area contributed by atoms with Gasteiger partial charge in [-0.15, -0.1) is 4.20 Å². The molecule has 0 heterocycles. The Hall–Kier alpha value is 0.0800. The van der Waals surface area contributed by atoms with Crippen molar-refractivity contribution < 1.29 is 18.2 Å². The molecule has 0 aromatic carbocycles. The zero-order chi connectivity index (χ0) is 10.3. The molecule has 1 N–H and O–H groups in total. The molecule has 2 unspecified atom stereocenters. The number of hydrogen-bond acceptors (Lipinski definition) is 2. The van der Waals surface area contributed by atoms with Crippen LogP contribution < -0.4 is 0 Å². The lowest BCUT2D eigenvalue weighted by atomic mass is 10.1. The smallest absolute Gasteiger partial charge is 0.299 e. The van der Waals surface area contributed by atoms with E-state index in [1.54, 1.807) is 0 Å². The standard InChI is InChI=1S/C8H18FO3P/c1-3-5-6-7-8(4-2)12-13(9,10)11/h8H,3-7H2,1-2H3,(H,10,11). The maximum Gasteiger partial charge on any atom is 0.510 e. The van der Waals surface area contributed by atoms with Gasteiger partial charge in [0, 0.05) is 0 Å². The monoisotopic (exact) mass is 212 g/mol. The van der Waals surface area contributed by atoms with Crippen LogP contribution >= 0.6 is 7.91 Å². The molecule has 0 aromatic rings. The summed E-state index contributed by atoms with van der Waals surface area (Å²) >= 11 is 0. The summed E-state index contributed by atoms with van der Waals surface area (Å²) in [4.78, 5) is 8.34. The minimum atomic E-state index is -4.79. The van der Waals surface area contributed by atoms with Gasteiger partial charge < -0.3 is 0 Å². The second kappa shape index (κ2) is 6.52. The fourth-order valence-corrected chi connectivity index (χ4v) is 1.76. The molecular weight excluding hydrogens is 194 g/mol. The van der Waals surface area contributed by atoms with E-state index in [0.29, 0.717) is 12.8 Å². The van der Waals surface area contributed by atoms with Crippen LogP contribution in [-0.2, 0) is 9.09 Å². The highest BCUT2D eigenvalue weighted by atomic mass is 31.2. The van der Waals surface area contributed by atoms with Gasteiger partial charge >= 0.3 is 7.91 Å². The van der Waals surface area contributed by atoms with E-state index in [1.165, 1.54) is 0 Å². The summed E-state index contributed by atoms with van der Waals surface area (Å²) in [5.74, 6) is 0. The number of hydrogen-bond donors (Lipinski definition) is 1. The van der Waals surface area contributed by atoms with E-state index in [1.807, 2.05) is 6.92 Å². The number of rotatable bonds is 7. The highest BCUT2D eigenvalue weighted by Crippen LogP contribution is 2.45. The first-order valence-electron chi connectivity index (χ1n) is 4.70. The summed E-state index contributed by atoms with van der Waals surface area (Å²) in [5.41, 5.74) is 0. The molecule has 13 heavy (non-hydrogen) atoms. The first-order valence-corrected chi connectivity index (χ1v) is 6.17. The molecule has 3 nitrogen and oxygen atoms in total. The van der Waals surface area contributed by atoms with E-state index in [4.69, 9.17) is 4.89 Å². The van der Waals surface area contributed by atoms with Crippen molar-refractivity contribution in [2.75, 3.05) is 0 Å². The Morgan fingerprint density at radius 3 is 2.46 bits per heavy atom. The Morgan fingerprint density at radius 2 is 2.08 bits per heavy atom. The minimum absolute atomic E-state index is 0.424. The maximum atomic E-state index is 12.2. The molecule has 0 aliphatic heterocycles. The average molecular weight is 212 g/mol. The molecule has 0 aliphatic carbocycles. The Bertz CT molecular complexity index is 169. The molecule has 0 bridgehead atoms. The predicted octanol–water partition coefficient (Wildman–Crippen LogP) is 3.43. The van der Waals surface area contributed by atoms with Gasteiger partial charge in [-0.25, -0.2) is 4.57 Å². The molecule has 0 spiro atoms. The van der Waals surface area contributed by atoms with Crippen LogP contribution in [0.5, 0.6) is 0 Å². The van der Waals surface area contributed by atoms with Crippen LogP contribution in [0.2, 0.25) is 0 Å². The molecule has 0 fully saturated rings. The third kappa shape index (κ3) is 8.41. The van der Waals surface area contributed by atoms with Crippen LogP contribution in [-0.4, -0.2) is 11.0 Å². The zero-order valence-electron chi connectivity index (χ0n) is 8.20. The molecule has 0 saturated carbocycles. The lowest BCUT2D eigenvalue weighted by Gasteiger charge is -2.14. The third-order valence-electron chi connectivity index (χ3n) is 1.86. The SMILES string of the molecule is CCCCCC(CC)OP(=O)(O)F. The lowest BCUT2D eigenvalue weighted by Crippen LogP contribution is -2.08. The maximum absolute atomic E-state index is 12.2. The second-order valence-electron chi connectivity index (χ2n) is 3.08. The van der Waals surface area contributed by atoms with E-state index in [9.17, 15) is 8.76 Å². The van der Waals surface area contributed by atoms with Gasteiger partial charge in [-0.2, -0.15) is 0 Å². The Morgan fingerprint density at radius 1 is 1.46 bits per heavy atom. The van der Waals surface area contributed by atoms with Gasteiger partial charge in [-0.05, 0) is 12.8 Å². The summed E-state index contributed by atoms with van der Waals surface area (Å²) in [6.07, 6.45) is 3.82. The van der Waals surface area contributed by atoms with Crippen LogP contribution in [0.15, 0.2) is 0 Å². The summed E-state index contributed by atoms with van der Waals surface area (Å²) in [5, 5.41) is 0. The summed E-state index contributed by atoms with van der Waals surface area (Å²) < 4.78 is 26.9. The zero-order valence-corrected chi connectivity index (χ0v) is 9.10. The molecule has 80 valence electrons.